The molecule has 4 amide bonds. The summed E-state index contributed by atoms with van der Waals surface area (Å²) in [7, 11) is 1.61. The Morgan fingerprint density at radius 2 is 1.62 bits per heavy atom. The van der Waals surface area contributed by atoms with Crippen molar-refractivity contribution < 1.29 is 18.8 Å². The van der Waals surface area contributed by atoms with Gasteiger partial charge in [-0.2, -0.15) is 0 Å². The summed E-state index contributed by atoms with van der Waals surface area (Å²) in [6.45, 7) is 0.980. The highest BCUT2D eigenvalue weighted by Crippen LogP contribution is 2.19. The van der Waals surface area contributed by atoms with Crippen LogP contribution in [0.15, 0.2) is 48.5 Å². The van der Waals surface area contributed by atoms with Gasteiger partial charge in [0.05, 0.1) is 0 Å². The molecule has 2 aromatic carbocycles. The van der Waals surface area contributed by atoms with Crippen LogP contribution < -0.4 is 16.0 Å². The van der Waals surface area contributed by atoms with Gasteiger partial charge in [0.1, 0.15) is 5.82 Å². The molecule has 8 heteroatoms. The summed E-state index contributed by atoms with van der Waals surface area (Å²) in [5.41, 5.74) is 1.17. The van der Waals surface area contributed by atoms with E-state index in [1.807, 2.05) is 0 Å². The molecule has 0 saturated carbocycles. The fourth-order valence-corrected chi connectivity index (χ4v) is 3.26. The second-order valence-corrected chi connectivity index (χ2v) is 6.85. The second-order valence-electron chi connectivity index (χ2n) is 6.85. The van der Waals surface area contributed by atoms with Gasteiger partial charge in [-0.05, 0) is 49.2 Å². The topological polar surface area (TPSA) is 90.5 Å². The van der Waals surface area contributed by atoms with E-state index in [1.165, 1.54) is 18.2 Å². The first kappa shape index (κ1) is 20.3. The molecule has 1 aliphatic rings. The van der Waals surface area contributed by atoms with Crippen molar-refractivity contribution in [2.75, 3.05) is 30.8 Å². The molecule has 7 nitrogen and oxygen atoms in total. The monoisotopic (exact) mass is 398 g/mol. The van der Waals surface area contributed by atoms with Crippen molar-refractivity contribution in [2.45, 2.75) is 12.8 Å². The van der Waals surface area contributed by atoms with Crippen LogP contribution in [0.2, 0.25) is 0 Å². The van der Waals surface area contributed by atoms with Crippen molar-refractivity contribution in [1.29, 1.82) is 0 Å². The molecule has 1 aliphatic heterocycles. The van der Waals surface area contributed by atoms with Crippen molar-refractivity contribution >= 4 is 29.2 Å². The van der Waals surface area contributed by atoms with Gasteiger partial charge >= 0.3 is 6.03 Å². The van der Waals surface area contributed by atoms with E-state index < -0.39 is 11.7 Å². The number of anilines is 2. The van der Waals surface area contributed by atoms with Gasteiger partial charge in [0, 0.05) is 43.0 Å². The number of benzene rings is 2. The number of carbonyl (C=O) groups excluding carboxylic acids is 3. The number of piperidine rings is 1. The maximum atomic E-state index is 13.3. The maximum Gasteiger partial charge on any atom is 0.321 e. The molecule has 0 bridgehead atoms. The van der Waals surface area contributed by atoms with Gasteiger partial charge in [-0.15, -0.1) is 0 Å². The molecule has 152 valence electrons. The first-order chi connectivity index (χ1) is 14.0. The predicted octanol–water partition coefficient (Wildman–Crippen LogP) is 3.07. The lowest BCUT2D eigenvalue weighted by Gasteiger charge is -2.31. The minimum atomic E-state index is -0.441. The van der Waals surface area contributed by atoms with E-state index in [0.29, 0.717) is 42.9 Å². The van der Waals surface area contributed by atoms with Crippen LogP contribution in [0.3, 0.4) is 0 Å². The highest BCUT2D eigenvalue weighted by atomic mass is 19.1. The average molecular weight is 398 g/mol. The van der Waals surface area contributed by atoms with Crippen LogP contribution in [-0.2, 0) is 4.79 Å². The standard InChI is InChI=1S/C21H23FN4O3/c1-23-19(27)14-8-10-26(11-9-14)21(29)25-17-6-2-4-15(12-17)20(28)24-18-7-3-5-16(22)13-18/h2-7,12-14H,8-11H2,1H3,(H,23,27)(H,24,28)(H,25,29). The number of hydrogen-bond donors (Lipinski definition) is 3. The summed E-state index contributed by atoms with van der Waals surface area (Å²) in [4.78, 5) is 38.2. The second kappa shape index (κ2) is 9.18. The van der Waals surface area contributed by atoms with Crippen LogP contribution in [-0.4, -0.2) is 42.9 Å². The molecular weight excluding hydrogens is 375 g/mol. The normalized spacial score (nSPS) is 14.2. The molecule has 0 spiro atoms. The molecule has 0 aliphatic carbocycles. The Labute approximate surface area is 168 Å². The number of rotatable bonds is 4. The minimum absolute atomic E-state index is 0.00192. The summed E-state index contributed by atoms with van der Waals surface area (Å²) in [5.74, 6) is -0.914. The molecule has 0 aromatic heterocycles. The van der Waals surface area contributed by atoms with Gasteiger partial charge in [-0.1, -0.05) is 12.1 Å². The van der Waals surface area contributed by atoms with E-state index in [0.717, 1.165) is 0 Å². The molecule has 0 unspecified atom stereocenters. The predicted molar refractivity (Wildman–Crippen MR) is 108 cm³/mol. The summed E-state index contributed by atoms with van der Waals surface area (Å²) in [6.07, 6.45) is 1.23. The Bertz CT molecular complexity index is 910. The Kier molecular flexibility index (Phi) is 6.43. The number of nitrogens with one attached hydrogen (secondary N) is 3. The summed E-state index contributed by atoms with van der Waals surface area (Å²) in [6, 6.07) is 11.9. The van der Waals surface area contributed by atoms with Crippen LogP contribution >= 0.6 is 0 Å². The van der Waals surface area contributed by atoms with Gasteiger partial charge in [0.2, 0.25) is 5.91 Å². The first-order valence-corrected chi connectivity index (χ1v) is 9.41. The van der Waals surface area contributed by atoms with E-state index in [4.69, 9.17) is 0 Å². The zero-order chi connectivity index (χ0) is 20.8. The quantitative estimate of drug-likeness (QED) is 0.739. The smallest absolute Gasteiger partial charge is 0.321 e. The largest absolute Gasteiger partial charge is 0.359 e. The zero-order valence-corrected chi connectivity index (χ0v) is 16.1. The molecule has 29 heavy (non-hydrogen) atoms. The molecular formula is C21H23FN4O3. The summed E-state index contributed by atoms with van der Waals surface area (Å²) >= 11 is 0. The van der Waals surface area contributed by atoms with E-state index in [1.54, 1.807) is 42.3 Å². The molecule has 2 aromatic rings. The summed E-state index contributed by atoms with van der Waals surface area (Å²) < 4.78 is 13.3. The Balaban J connectivity index is 1.59. The van der Waals surface area contributed by atoms with Gasteiger partial charge in [-0.3, -0.25) is 9.59 Å². The fourth-order valence-electron chi connectivity index (χ4n) is 3.26. The number of nitrogens with zero attached hydrogens (tertiary/aromatic N) is 1. The van der Waals surface area contributed by atoms with Crippen LogP contribution in [0.25, 0.3) is 0 Å². The summed E-state index contributed by atoms with van der Waals surface area (Å²) in [5, 5.41) is 8.05. The molecule has 1 saturated heterocycles. The maximum absolute atomic E-state index is 13.3. The van der Waals surface area contributed by atoms with Crippen molar-refractivity contribution in [1.82, 2.24) is 10.2 Å². The Morgan fingerprint density at radius 1 is 0.966 bits per heavy atom. The minimum Gasteiger partial charge on any atom is -0.359 e. The number of hydrogen-bond acceptors (Lipinski definition) is 3. The van der Waals surface area contributed by atoms with E-state index in [2.05, 4.69) is 16.0 Å². The highest BCUT2D eigenvalue weighted by Gasteiger charge is 2.26. The van der Waals surface area contributed by atoms with E-state index in [9.17, 15) is 18.8 Å². The third-order valence-electron chi connectivity index (χ3n) is 4.86. The number of amides is 4. The Hall–Kier alpha value is -3.42. The third kappa shape index (κ3) is 5.31. The lowest BCUT2D eigenvalue weighted by atomic mass is 9.96. The average Bonchev–Trinajstić information content (AvgIpc) is 2.73. The molecule has 1 heterocycles. The van der Waals surface area contributed by atoms with E-state index in [-0.39, 0.29) is 17.9 Å². The number of carbonyl (C=O) groups is 3. The SMILES string of the molecule is CNC(=O)C1CCN(C(=O)Nc2cccc(C(=O)Nc3cccc(F)c3)c2)CC1. The van der Waals surface area contributed by atoms with E-state index >= 15 is 0 Å². The number of halogens is 1. The van der Waals surface area contributed by atoms with Crippen LogP contribution in [0, 0.1) is 11.7 Å². The van der Waals surface area contributed by atoms with Crippen LogP contribution in [0.1, 0.15) is 23.2 Å². The molecule has 1 fully saturated rings. The number of urea groups is 1. The Morgan fingerprint density at radius 3 is 2.28 bits per heavy atom. The lowest BCUT2D eigenvalue weighted by molar-refractivity contribution is -0.125. The molecule has 0 radical (unpaired) electrons. The first-order valence-electron chi connectivity index (χ1n) is 9.41. The molecule has 3 rings (SSSR count). The van der Waals surface area contributed by atoms with Crippen molar-refractivity contribution in [3.8, 4) is 0 Å². The zero-order valence-electron chi connectivity index (χ0n) is 16.1. The van der Waals surface area contributed by atoms with Gasteiger partial charge in [0.25, 0.3) is 5.91 Å². The molecule has 0 atom stereocenters. The van der Waals surface area contributed by atoms with Crippen molar-refractivity contribution in [2.24, 2.45) is 5.92 Å². The third-order valence-corrected chi connectivity index (χ3v) is 4.86. The highest BCUT2D eigenvalue weighted by molar-refractivity contribution is 6.05. The van der Waals surface area contributed by atoms with Gasteiger partial charge in [0.15, 0.2) is 0 Å². The van der Waals surface area contributed by atoms with Crippen molar-refractivity contribution in [3.63, 3.8) is 0 Å². The number of likely N-dealkylation sites (tertiary alicyclic amines) is 1. The van der Waals surface area contributed by atoms with Gasteiger partial charge in [-0.25, -0.2) is 9.18 Å². The lowest BCUT2D eigenvalue weighted by Crippen LogP contribution is -2.44. The molecule has 3 N–H and O–H groups in total. The fraction of sp³-hybridized carbons (Fsp3) is 0.286. The van der Waals surface area contributed by atoms with Crippen LogP contribution in [0.5, 0.6) is 0 Å². The van der Waals surface area contributed by atoms with Crippen LogP contribution in [0.4, 0.5) is 20.6 Å². The van der Waals surface area contributed by atoms with Gasteiger partial charge < -0.3 is 20.9 Å². The van der Waals surface area contributed by atoms with Crippen molar-refractivity contribution in [3.05, 3.63) is 59.9 Å².